The number of carbonyl (C=O) groups excluding carboxylic acids is 1. The van der Waals surface area contributed by atoms with Crippen molar-refractivity contribution < 1.29 is 23.4 Å². The van der Waals surface area contributed by atoms with E-state index in [4.69, 9.17) is 14.2 Å². The van der Waals surface area contributed by atoms with Crippen molar-refractivity contribution in [1.29, 1.82) is 0 Å². The lowest BCUT2D eigenvalue weighted by Gasteiger charge is -2.22. The maximum atomic E-state index is 14.6. The van der Waals surface area contributed by atoms with Crippen LogP contribution in [-0.4, -0.2) is 30.1 Å². The molecule has 4 atom stereocenters. The Morgan fingerprint density at radius 2 is 2.05 bits per heavy atom. The maximum absolute atomic E-state index is 14.6. The average molecular weight is 361 g/mol. The van der Waals surface area contributed by atoms with E-state index in [0.29, 0.717) is 17.7 Å². The van der Waals surface area contributed by atoms with Crippen LogP contribution in [0.15, 0.2) is 24.3 Å². The van der Waals surface area contributed by atoms with Crippen molar-refractivity contribution in [3.63, 3.8) is 0 Å². The van der Waals surface area contributed by atoms with E-state index in [9.17, 15) is 9.18 Å². The molecule has 1 aliphatic rings. The predicted molar refractivity (Wildman–Crippen MR) is 79.3 cm³/mol. The molecule has 1 heterocycles. The smallest absolute Gasteiger partial charge is 0.340 e. The van der Waals surface area contributed by atoms with Crippen molar-refractivity contribution in [1.82, 2.24) is 0 Å². The van der Waals surface area contributed by atoms with Crippen LogP contribution in [0.25, 0.3) is 0 Å². The van der Waals surface area contributed by atoms with Crippen LogP contribution < -0.4 is 4.74 Å². The van der Waals surface area contributed by atoms with Crippen molar-refractivity contribution in [2.24, 2.45) is 5.92 Å². The maximum Gasteiger partial charge on any atom is 0.340 e. The molecule has 1 saturated heterocycles. The summed E-state index contributed by atoms with van der Waals surface area (Å²) in [5.74, 6) is -0.409. The highest BCUT2D eigenvalue weighted by Crippen LogP contribution is 2.45. The summed E-state index contributed by atoms with van der Waals surface area (Å²) in [4.78, 5) is 12.1. The van der Waals surface area contributed by atoms with Gasteiger partial charge in [0.2, 0.25) is 10.9 Å². The molecule has 1 aromatic carbocycles. The monoisotopic (exact) mass is 360 g/mol. The Hall–Kier alpha value is -1.14. The van der Waals surface area contributed by atoms with Gasteiger partial charge in [-0.1, -0.05) is 13.8 Å². The van der Waals surface area contributed by atoms with E-state index in [1.807, 2.05) is 6.92 Å². The van der Waals surface area contributed by atoms with Gasteiger partial charge < -0.3 is 14.2 Å². The third-order valence-corrected chi connectivity index (χ3v) is 4.82. The fourth-order valence-corrected chi connectivity index (χ4v) is 2.77. The summed E-state index contributed by atoms with van der Waals surface area (Å²) in [6.45, 7) is 3.63. The van der Waals surface area contributed by atoms with Crippen LogP contribution in [0.1, 0.15) is 30.6 Å². The lowest BCUT2D eigenvalue weighted by molar-refractivity contribution is -0.126. The van der Waals surface area contributed by atoms with E-state index in [2.05, 4.69) is 15.9 Å². The molecule has 1 aromatic rings. The van der Waals surface area contributed by atoms with E-state index in [1.54, 1.807) is 31.2 Å². The molecule has 2 rings (SSSR count). The number of rotatable bonds is 4. The van der Waals surface area contributed by atoms with Gasteiger partial charge in [-0.25, -0.2) is 9.18 Å². The van der Waals surface area contributed by atoms with Gasteiger partial charge in [-0.05, 0) is 46.6 Å². The number of esters is 1. The van der Waals surface area contributed by atoms with Crippen molar-refractivity contribution in [3.05, 3.63) is 29.8 Å². The predicted octanol–water partition coefficient (Wildman–Crippen LogP) is 3.68. The van der Waals surface area contributed by atoms with Gasteiger partial charge in [0.15, 0.2) is 0 Å². The molecule has 0 spiro atoms. The molecular formula is C15H18BrFO4. The second kappa shape index (κ2) is 6.32. The SMILES string of the molecule is CC[C@H]1O[C@H](OC(=O)c2ccc(OC)cc2)[C@@](F)(Br)[C@@H]1C. The third kappa shape index (κ3) is 3.21. The summed E-state index contributed by atoms with van der Waals surface area (Å²) < 4.78 is 28.4. The third-order valence-electron chi connectivity index (χ3n) is 3.72. The topological polar surface area (TPSA) is 44.8 Å². The van der Waals surface area contributed by atoms with Gasteiger partial charge in [-0.15, -0.1) is 0 Å². The first-order chi connectivity index (χ1) is 9.90. The number of ether oxygens (including phenoxy) is 3. The first-order valence-corrected chi connectivity index (χ1v) is 7.57. The Morgan fingerprint density at radius 1 is 1.43 bits per heavy atom. The van der Waals surface area contributed by atoms with E-state index in [-0.39, 0.29) is 6.10 Å². The fourth-order valence-electron chi connectivity index (χ4n) is 2.28. The van der Waals surface area contributed by atoms with Gasteiger partial charge in [0.25, 0.3) is 0 Å². The van der Waals surface area contributed by atoms with Crippen LogP contribution in [0.5, 0.6) is 5.75 Å². The van der Waals surface area contributed by atoms with Gasteiger partial charge in [0, 0.05) is 5.92 Å². The van der Waals surface area contributed by atoms with Crippen molar-refractivity contribution in [2.45, 2.75) is 37.2 Å². The number of halogens is 2. The van der Waals surface area contributed by atoms with Crippen LogP contribution in [0.3, 0.4) is 0 Å². The molecule has 4 nitrogen and oxygen atoms in total. The van der Waals surface area contributed by atoms with Gasteiger partial charge in [-0.2, -0.15) is 0 Å². The zero-order valence-corrected chi connectivity index (χ0v) is 13.7. The van der Waals surface area contributed by atoms with E-state index in [1.165, 1.54) is 7.11 Å². The van der Waals surface area contributed by atoms with Gasteiger partial charge >= 0.3 is 5.97 Å². The van der Waals surface area contributed by atoms with Crippen molar-refractivity contribution in [3.8, 4) is 5.75 Å². The standard InChI is InChI=1S/C15H18BrFO4/c1-4-12-9(2)15(16,17)14(20-12)21-13(18)10-5-7-11(19-3)8-6-10/h5-9,12,14H,4H2,1-3H3/t9-,12-,14-,15-/m1/s1. The van der Waals surface area contributed by atoms with E-state index in [0.717, 1.165) is 0 Å². The van der Waals surface area contributed by atoms with E-state index < -0.39 is 22.8 Å². The number of carbonyl (C=O) groups is 1. The Labute approximate surface area is 131 Å². The highest BCUT2D eigenvalue weighted by molar-refractivity contribution is 9.10. The minimum absolute atomic E-state index is 0.289. The van der Waals surface area contributed by atoms with Crippen LogP contribution in [0.2, 0.25) is 0 Å². The summed E-state index contributed by atoms with van der Waals surface area (Å²) in [5, 5.41) is 0. The van der Waals surface area contributed by atoms with E-state index >= 15 is 0 Å². The first kappa shape index (κ1) is 16.2. The zero-order valence-electron chi connectivity index (χ0n) is 12.1. The highest BCUT2D eigenvalue weighted by Gasteiger charge is 2.55. The highest BCUT2D eigenvalue weighted by atomic mass is 79.9. The average Bonchev–Trinajstić information content (AvgIpc) is 2.70. The molecule has 0 N–H and O–H groups in total. The molecule has 21 heavy (non-hydrogen) atoms. The second-order valence-electron chi connectivity index (χ2n) is 5.01. The molecule has 1 fully saturated rings. The number of alkyl halides is 2. The fraction of sp³-hybridized carbons (Fsp3) is 0.533. The Bertz CT molecular complexity index is 503. The molecule has 1 aliphatic heterocycles. The molecule has 0 unspecified atom stereocenters. The van der Waals surface area contributed by atoms with Crippen molar-refractivity contribution in [2.75, 3.05) is 7.11 Å². The van der Waals surface area contributed by atoms with Crippen LogP contribution in [0.4, 0.5) is 4.39 Å². The summed E-state index contributed by atoms with van der Waals surface area (Å²) >= 11 is 2.99. The number of benzene rings is 1. The van der Waals surface area contributed by atoms with Crippen LogP contribution >= 0.6 is 15.9 Å². The summed E-state index contributed by atoms with van der Waals surface area (Å²) in [6.07, 6.45) is -0.898. The van der Waals surface area contributed by atoms with Crippen LogP contribution in [0, 0.1) is 5.92 Å². The second-order valence-corrected chi connectivity index (χ2v) is 6.23. The molecule has 0 aliphatic carbocycles. The summed E-state index contributed by atoms with van der Waals surface area (Å²) in [7, 11) is 1.54. The largest absolute Gasteiger partial charge is 0.497 e. The lowest BCUT2D eigenvalue weighted by Crippen LogP contribution is -2.35. The summed E-state index contributed by atoms with van der Waals surface area (Å²) in [6, 6.07) is 6.40. The minimum Gasteiger partial charge on any atom is -0.497 e. The molecule has 0 bridgehead atoms. The summed E-state index contributed by atoms with van der Waals surface area (Å²) in [5.41, 5.74) is 0.315. The molecule has 0 aromatic heterocycles. The van der Waals surface area contributed by atoms with Gasteiger partial charge in [0.1, 0.15) is 5.75 Å². The first-order valence-electron chi connectivity index (χ1n) is 6.78. The van der Waals surface area contributed by atoms with Gasteiger partial charge in [-0.3, -0.25) is 0 Å². The molecule has 0 amide bonds. The molecule has 116 valence electrons. The zero-order chi connectivity index (χ0) is 15.6. The Balaban J connectivity index is 2.08. The number of hydrogen-bond donors (Lipinski definition) is 0. The minimum atomic E-state index is -1.88. The Morgan fingerprint density at radius 3 is 2.52 bits per heavy atom. The number of methoxy groups -OCH3 is 1. The van der Waals surface area contributed by atoms with Crippen LogP contribution in [-0.2, 0) is 9.47 Å². The quantitative estimate of drug-likeness (QED) is 0.606. The number of hydrogen-bond acceptors (Lipinski definition) is 4. The molecule has 0 radical (unpaired) electrons. The molecule has 0 saturated carbocycles. The normalized spacial score (nSPS) is 32.0. The molecule has 6 heteroatoms. The van der Waals surface area contributed by atoms with Crippen molar-refractivity contribution >= 4 is 21.9 Å². The van der Waals surface area contributed by atoms with Gasteiger partial charge in [0.05, 0.1) is 18.8 Å². The molecular weight excluding hydrogens is 343 g/mol. The Kier molecular flexibility index (Phi) is 4.88. The lowest BCUT2D eigenvalue weighted by atomic mass is 10.0.